The number of benzene rings is 3. The lowest BCUT2D eigenvalue weighted by molar-refractivity contribution is -0.145. The Morgan fingerprint density at radius 1 is 0.833 bits per heavy atom. The highest BCUT2D eigenvalue weighted by Gasteiger charge is 2.30. The molecule has 3 aromatic carbocycles. The predicted octanol–water partition coefficient (Wildman–Crippen LogP) is 5.75. The molecule has 250 valence electrons. The number of ether oxygens (including phenoxy) is 3. The summed E-state index contributed by atoms with van der Waals surface area (Å²) in [6.45, 7) is 3.17. The number of rotatable bonds is 9. The third-order valence-electron chi connectivity index (χ3n) is 7.72. The molecule has 0 unspecified atom stereocenters. The molecular formula is C34H30ClF3N4O6. The molecule has 0 radical (unpaired) electrons. The standard InChI is InChI=1S/C34H29F3N4O6.ClH/c35-34(36,37)25-6-4-24(5-7-25)32(43)39-26-8-12-31(38-19-26)47-27-9-1-22(2-10-27)17-28(42)33(44)41-15-13-40(14-16-41)20-23-3-11-29-30(18-23)46-21-45-29;/h1-12,18-19H,13-17,20-21H2,(H,39,43);1H. The molecule has 0 bridgehead atoms. The molecule has 1 fully saturated rings. The Bertz CT molecular complexity index is 1760. The quantitative estimate of drug-likeness (QED) is 0.222. The number of ketones is 1. The lowest BCUT2D eigenvalue weighted by Crippen LogP contribution is -2.50. The van der Waals surface area contributed by atoms with Gasteiger partial charge < -0.3 is 24.4 Å². The summed E-state index contributed by atoms with van der Waals surface area (Å²) in [7, 11) is 0. The Morgan fingerprint density at radius 3 is 2.19 bits per heavy atom. The van der Waals surface area contributed by atoms with Crippen molar-refractivity contribution in [1.82, 2.24) is 14.8 Å². The smallest absolute Gasteiger partial charge is 0.416 e. The number of nitrogens with one attached hydrogen (secondary N) is 1. The van der Waals surface area contributed by atoms with Crippen molar-refractivity contribution in [2.24, 2.45) is 0 Å². The highest BCUT2D eigenvalue weighted by atomic mass is 35.5. The lowest BCUT2D eigenvalue weighted by atomic mass is 10.1. The van der Waals surface area contributed by atoms with Gasteiger partial charge in [0, 0.05) is 50.8 Å². The molecule has 0 atom stereocenters. The molecule has 2 amide bonds. The number of amides is 2. The highest BCUT2D eigenvalue weighted by molar-refractivity contribution is 6.36. The van der Waals surface area contributed by atoms with Crippen molar-refractivity contribution in [2.45, 2.75) is 19.1 Å². The Balaban J connectivity index is 0.00000451. The number of hydrogen-bond donors (Lipinski definition) is 1. The van der Waals surface area contributed by atoms with E-state index in [0.717, 1.165) is 41.3 Å². The summed E-state index contributed by atoms with van der Waals surface area (Å²) in [5.41, 5.74) is 1.30. The molecule has 48 heavy (non-hydrogen) atoms. The van der Waals surface area contributed by atoms with E-state index in [4.69, 9.17) is 14.2 Å². The van der Waals surface area contributed by atoms with Crippen LogP contribution in [0.25, 0.3) is 0 Å². The van der Waals surface area contributed by atoms with Crippen LogP contribution in [-0.2, 0) is 28.7 Å². The van der Waals surface area contributed by atoms with E-state index in [2.05, 4.69) is 15.2 Å². The van der Waals surface area contributed by atoms with Crippen molar-refractivity contribution in [3.63, 3.8) is 0 Å². The topological polar surface area (TPSA) is 110 Å². The normalized spacial score (nSPS) is 14.2. The van der Waals surface area contributed by atoms with Gasteiger partial charge in [-0.15, -0.1) is 12.4 Å². The number of pyridine rings is 1. The van der Waals surface area contributed by atoms with Gasteiger partial charge >= 0.3 is 6.18 Å². The SMILES string of the molecule is Cl.O=C(Cc1ccc(Oc2ccc(NC(=O)c3ccc(C(F)(F)F)cc3)cn2)cc1)C(=O)N1CCN(Cc2ccc3c(c2)OCO3)CC1. The monoisotopic (exact) mass is 682 g/mol. The van der Waals surface area contributed by atoms with Gasteiger partial charge in [0.15, 0.2) is 11.5 Å². The van der Waals surface area contributed by atoms with E-state index in [9.17, 15) is 27.6 Å². The van der Waals surface area contributed by atoms with E-state index in [1.165, 1.54) is 12.3 Å². The third-order valence-corrected chi connectivity index (χ3v) is 7.72. The largest absolute Gasteiger partial charge is 0.454 e. The number of anilines is 1. The number of aromatic nitrogens is 1. The summed E-state index contributed by atoms with van der Waals surface area (Å²) in [6.07, 6.45) is -3.17. The minimum atomic E-state index is -4.49. The number of fused-ring (bicyclic) bond motifs is 1. The van der Waals surface area contributed by atoms with Crippen LogP contribution in [0.3, 0.4) is 0 Å². The van der Waals surface area contributed by atoms with E-state index < -0.39 is 29.3 Å². The number of carbonyl (C=O) groups is 3. The van der Waals surface area contributed by atoms with E-state index in [0.29, 0.717) is 49.7 Å². The van der Waals surface area contributed by atoms with Crippen LogP contribution in [0.5, 0.6) is 23.1 Å². The Morgan fingerprint density at radius 2 is 1.52 bits per heavy atom. The summed E-state index contributed by atoms with van der Waals surface area (Å²) in [5, 5.41) is 2.57. The number of halogens is 4. The first-order valence-electron chi connectivity index (χ1n) is 14.8. The van der Waals surface area contributed by atoms with E-state index in [1.54, 1.807) is 35.2 Å². The zero-order valence-electron chi connectivity index (χ0n) is 25.4. The molecule has 2 aliphatic rings. The predicted molar refractivity (Wildman–Crippen MR) is 171 cm³/mol. The minimum Gasteiger partial charge on any atom is -0.454 e. The molecule has 3 heterocycles. The minimum absolute atomic E-state index is 0. The second kappa shape index (κ2) is 14.7. The maximum absolute atomic E-state index is 12.9. The number of alkyl halides is 3. The number of piperazine rings is 1. The average Bonchev–Trinajstić information content (AvgIpc) is 3.54. The summed E-state index contributed by atoms with van der Waals surface area (Å²) < 4.78 is 54.8. The first-order chi connectivity index (χ1) is 22.6. The molecule has 6 rings (SSSR count). The van der Waals surface area contributed by atoms with Crippen LogP contribution in [0.15, 0.2) is 85.1 Å². The van der Waals surface area contributed by atoms with Crippen molar-refractivity contribution in [1.29, 1.82) is 0 Å². The third kappa shape index (κ3) is 8.41. The van der Waals surface area contributed by atoms with Crippen molar-refractivity contribution in [3.8, 4) is 23.1 Å². The summed E-state index contributed by atoms with van der Waals surface area (Å²) in [5.74, 6) is 0.576. The lowest BCUT2D eigenvalue weighted by Gasteiger charge is -2.34. The van der Waals surface area contributed by atoms with Crippen LogP contribution >= 0.6 is 12.4 Å². The molecule has 0 saturated carbocycles. The van der Waals surface area contributed by atoms with Gasteiger partial charge in [-0.1, -0.05) is 18.2 Å². The van der Waals surface area contributed by atoms with E-state index in [1.807, 2.05) is 18.2 Å². The van der Waals surface area contributed by atoms with Crippen LogP contribution in [0.1, 0.15) is 27.0 Å². The van der Waals surface area contributed by atoms with Gasteiger partial charge in [0.05, 0.1) is 17.4 Å². The zero-order chi connectivity index (χ0) is 33.0. The first-order valence-corrected chi connectivity index (χ1v) is 14.8. The molecule has 4 aromatic rings. The number of hydrogen-bond acceptors (Lipinski definition) is 8. The van der Waals surface area contributed by atoms with Gasteiger partial charge in [0.1, 0.15) is 5.75 Å². The fourth-order valence-electron chi connectivity index (χ4n) is 5.17. The first kappa shape index (κ1) is 34.2. The molecule has 10 nitrogen and oxygen atoms in total. The molecule has 2 aliphatic heterocycles. The Labute approximate surface area is 279 Å². The van der Waals surface area contributed by atoms with Gasteiger partial charge in [-0.25, -0.2) is 4.98 Å². The van der Waals surface area contributed by atoms with E-state index in [-0.39, 0.29) is 37.1 Å². The molecule has 1 N–H and O–H groups in total. The van der Waals surface area contributed by atoms with Gasteiger partial charge in [0.2, 0.25) is 18.5 Å². The summed E-state index contributed by atoms with van der Waals surface area (Å²) in [4.78, 5) is 46.0. The zero-order valence-corrected chi connectivity index (χ0v) is 26.2. The van der Waals surface area contributed by atoms with Crippen LogP contribution in [0.2, 0.25) is 0 Å². The summed E-state index contributed by atoms with van der Waals surface area (Å²) >= 11 is 0. The second-order valence-corrected chi connectivity index (χ2v) is 11.0. The van der Waals surface area contributed by atoms with Crippen molar-refractivity contribution in [2.75, 3.05) is 38.3 Å². The van der Waals surface area contributed by atoms with Gasteiger partial charge in [-0.05, 0) is 65.7 Å². The van der Waals surface area contributed by atoms with Gasteiger partial charge in [-0.2, -0.15) is 13.2 Å². The number of Topliss-reactive ketones (excluding diaryl/α,β-unsaturated/α-hetero) is 1. The Hall–Kier alpha value is -5.14. The van der Waals surface area contributed by atoms with Gasteiger partial charge in [-0.3, -0.25) is 19.3 Å². The second-order valence-electron chi connectivity index (χ2n) is 11.0. The van der Waals surface area contributed by atoms with Gasteiger partial charge in [0.25, 0.3) is 11.8 Å². The van der Waals surface area contributed by atoms with Crippen molar-refractivity contribution in [3.05, 3.63) is 107 Å². The van der Waals surface area contributed by atoms with Crippen LogP contribution in [0, 0.1) is 0 Å². The summed E-state index contributed by atoms with van der Waals surface area (Å²) in [6, 6.07) is 19.5. The fourth-order valence-corrected chi connectivity index (χ4v) is 5.17. The molecular weight excluding hydrogens is 653 g/mol. The molecule has 0 aliphatic carbocycles. The number of nitrogens with zero attached hydrogens (tertiary/aromatic N) is 3. The van der Waals surface area contributed by atoms with Crippen LogP contribution in [-0.4, -0.2) is 65.4 Å². The fraction of sp³-hybridized carbons (Fsp3) is 0.235. The average molecular weight is 683 g/mol. The maximum atomic E-state index is 12.9. The van der Waals surface area contributed by atoms with E-state index >= 15 is 0 Å². The highest BCUT2D eigenvalue weighted by Crippen LogP contribution is 2.33. The molecule has 14 heteroatoms. The maximum Gasteiger partial charge on any atom is 0.416 e. The molecule has 1 saturated heterocycles. The van der Waals surface area contributed by atoms with Crippen LogP contribution in [0.4, 0.5) is 18.9 Å². The van der Waals surface area contributed by atoms with Crippen LogP contribution < -0.4 is 19.5 Å². The number of carbonyl (C=O) groups excluding carboxylic acids is 3. The molecule has 0 spiro atoms. The molecule has 1 aromatic heterocycles. The van der Waals surface area contributed by atoms with Crippen molar-refractivity contribution < 1.29 is 41.8 Å². The Kier molecular flexibility index (Phi) is 10.5. The van der Waals surface area contributed by atoms with Crippen molar-refractivity contribution >= 4 is 35.7 Å².